The molecule has 128 valence electrons. The van der Waals surface area contributed by atoms with Gasteiger partial charge in [-0.05, 0) is 45.9 Å². The molecule has 1 aromatic carbocycles. The molecule has 0 aromatic heterocycles. The van der Waals surface area contributed by atoms with Crippen LogP contribution < -0.4 is 10.6 Å². The highest BCUT2D eigenvalue weighted by Gasteiger charge is 2.18. The van der Waals surface area contributed by atoms with Crippen LogP contribution >= 0.6 is 0 Å². The summed E-state index contributed by atoms with van der Waals surface area (Å²) < 4.78 is 23.2. The zero-order chi connectivity index (χ0) is 17.6. The first-order valence-electron chi connectivity index (χ1n) is 7.23. The first-order chi connectivity index (χ1) is 10.6. The summed E-state index contributed by atoms with van der Waals surface area (Å²) in [5, 5.41) is 5.58. The van der Waals surface area contributed by atoms with Gasteiger partial charge in [0, 0.05) is 12.6 Å². The smallest absolute Gasteiger partial charge is 0.407 e. The lowest BCUT2D eigenvalue weighted by atomic mass is 10.1. The number of carbonyl (C=O) groups is 2. The minimum absolute atomic E-state index is 0.220. The lowest BCUT2D eigenvalue weighted by molar-refractivity contribution is 0.0524. The molecule has 1 unspecified atom stereocenters. The van der Waals surface area contributed by atoms with Crippen LogP contribution in [0.1, 0.15) is 38.1 Å². The number of carbonyl (C=O) groups excluding carboxylic acids is 2. The maximum Gasteiger partial charge on any atom is 0.407 e. The van der Waals surface area contributed by atoms with Gasteiger partial charge in [0.15, 0.2) is 0 Å². The molecule has 0 spiro atoms. The number of methoxy groups -OCH3 is 1. The Labute approximate surface area is 135 Å². The topological polar surface area (TPSA) is 76.7 Å². The average molecular weight is 326 g/mol. The second-order valence-corrected chi connectivity index (χ2v) is 6.11. The minimum atomic E-state index is -0.582. The van der Waals surface area contributed by atoms with Crippen LogP contribution in [-0.4, -0.2) is 37.4 Å². The van der Waals surface area contributed by atoms with Crippen LogP contribution in [0.2, 0.25) is 0 Å². The Bertz CT molecular complexity index is 570. The van der Waals surface area contributed by atoms with Gasteiger partial charge in [0.25, 0.3) is 0 Å². The summed E-state index contributed by atoms with van der Waals surface area (Å²) in [6.07, 6.45) is -0.543. The second-order valence-electron chi connectivity index (χ2n) is 6.11. The number of esters is 1. The van der Waals surface area contributed by atoms with Gasteiger partial charge < -0.3 is 20.1 Å². The number of ether oxygens (including phenoxy) is 2. The summed E-state index contributed by atoms with van der Waals surface area (Å²) in [6.45, 7) is 7.33. The molecule has 0 fully saturated rings. The molecule has 1 aromatic rings. The minimum Gasteiger partial charge on any atom is -0.465 e. The van der Waals surface area contributed by atoms with E-state index in [1.165, 1.54) is 25.3 Å². The zero-order valence-corrected chi connectivity index (χ0v) is 14.0. The second kappa shape index (κ2) is 7.80. The quantitative estimate of drug-likeness (QED) is 0.814. The van der Waals surface area contributed by atoms with Crippen LogP contribution in [0.5, 0.6) is 0 Å². The predicted molar refractivity (Wildman–Crippen MR) is 85.1 cm³/mol. The average Bonchev–Trinajstić information content (AvgIpc) is 2.43. The molecule has 1 amide bonds. The number of halogens is 1. The highest BCUT2D eigenvalue weighted by Crippen LogP contribution is 2.19. The summed E-state index contributed by atoms with van der Waals surface area (Å²) in [5.41, 5.74) is -0.0604. The number of nitrogens with one attached hydrogen (secondary N) is 2. The molecule has 0 saturated heterocycles. The zero-order valence-electron chi connectivity index (χ0n) is 14.0. The van der Waals surface area contributed by atoms with Crippen molar-refractivity contribution in [1.82, 2.24) is 5.32 Å². The van der Waals surface area contributed by atoms with Crippen molar-refractivity contribution >= 4 is 17.7 Å². The third kappa shape index (κ3) is 6.54. The Hall–Kier alpha value is -2.31. The molecular weight excluding hydrogens is 303 g/mol. The summed E-state index contributed by atoms with van der Waals surface area (Å²) in [4.78, 5) is 23.3. The number of amides is 1. The summed E-state index contributed by atoms with van der Waals surface area (Å²) >= 11 is 0. The SMILES string of the molecule is COC(=O)c1ccc(F)cc1NC(C)CNC(=O)OC(C)(C)C. The molecule has 7 heteroatoms. The molecule has 0 saturated carbocycles. The van der Waals surface area contributed by atoms with Gasteiger partial charge in [0.05, 0.1) is 18.4 Å². The Morgan fingerprint density at radius 3 is 2.52 bits per heavy atom. The van der Waals surface area contributed by atoms with Crippen molar-refractivity contribution in [1.29, 1.82) is 0 Å². The Balaban J connectivity index is 2.67. The van der Waals surface area contributed by atoms with E-state index in [1.807, 2.05) is 0 Å². The van der Waals surface area contributed by atoms with Gasteiger partial charge in [0.2, 0.25) is 0 Å². The van der Waals surface area contributed by atoms with E-state index >= 15 is 0 Å². The van der Waals surface area contributed by atoms with E-state index in [4.69, 9.17) is 4.74 Å². The van der Waals surface area contributed by atoms with Crippen LogP contribution in [0.25, 0.3) is 0 Å². The van der Waals surface area contributed by atoms with Gasteiger partial charge >= 0.3 is 12.1 Å². The maximum absolute atomic E-state index is 13.4. The molecule has 0 radical (unpaired) electrons. The molecule has 23 heavy (non-hydrogen) atoms. The molecule has 1 rings (SSSR count). The van der Waals surface area contributed by atoms with Gasteiger partial charge in [-0.25, -0.2) is 14.0 Å². The van der Waals surface area contributed by atoms with Crippen molar-refractivity contribution in [3.8, 4) is 0 Å². The monoisotopic (exact) mass is 326 g/mol. The fourth-order valence-corrected chi connectivity index (χ4v) is 1.79. The lowest BCUT2D eigenvalue weighted by Gasteiger charge is -2.22. The molecule has 1 atom stereocenters. The van der Waals surface area contributed by atoms with Gasteiger partial charge in [-0.1, -0.05) is 0 Å². The standard InChI is InChI=1S/C16H23FN2O4/c1-10(9-18-15(21)23-16(2,3)4)19-13-8-11(17)6-7-12(13)14(20)22-5/h6-8,10,19H,9H2,1-5H3,(H,18,21). The number of rotatable bonds is 5. The van der Waals surface area contributed by atoms with E-state index in [1.54, 1.807) is 27.7 Å². The Kier molecular flexibility index (Phi) is 6.36. The fourth-order valence-electron chi connectivity index (χ4n) is 1.79. The molecule has 0 aliphatic rings. The van der Waals surface area contributed by atoms with E-state index in [0.717, 1.165) is 0 Å². The van der Waals surface area contributed by atoms with Crippen molar-refractivity contribution in [2.45, 2.75) is 39.3 Å². The van der Waals surface area contributed by atoms with Crippen molar-refractivity contribution in [3.63, 3.8) is 0 Å². The normalized spacial score (nSPS) is 12.3. The van der Waals surface area contributed by atoms with Crippen LogP contribution in [0.3, 0.4) is 0 Å². The fraction of sp³-hybridized carbons (Fsp3) is 0.500. The molecule has 0 heterocycles. The number of hydrogen-bond acceptors (Lipinski definition) is 5. The van der Waals surface area contributed by atoms with Gasteiger partial charge in [0.1, 0.15) is 11.4 Å². The van der Waals surface area contributed by atoms with Crippen LogP contribution in [-0.2, 0) is 9.47 Å². The molecular formula is C16H23FN2O4. The summed E-state index contributed by atoms with van der Waals surface area (Å²) in [7, 11) is 1.25. The number of alkyl carbamates (subject to hydrolysis) is 1. The predicted octanol–water partition coefficient (Wildman–Crippen LogP) is 2.94. The highest BCUT2D eigenvalue weighted by molar-refractivity contribution is 5.95. The first-order valence-corrected chi connectivity index (χ1v) is 7.23. The third-order valence-corrected chi connectivity index (χ3v) is 2.74. The molecule has 0 aliphatic heterocycles. The maximum atomic E-state index is 13.4. The van der Waals surface area contributed by atoms with E-state index in [-0.39, 0.29) is 18.2 Å². The summed E-state index contributed by atoms with van der Waals surface area (Å²) in [6, 6.07) is 3.47. The first kappa shape index (κ1) is 18.7. The van der Waals surface area contributed by atoms with Gasteiger partial charge in [-0.2, -0.15) is 0 Å². The Morgan fingerprint density at radius 1 is 1.30 bits per heavy atom. The van der Waals surface area contributed by atoms with Crippen LogP contribution in [0, 0.1) is 5.82 Å². The van der Waals surface area contributed by atoms with Crippen molar-refractivity contribution < 1.29 is 23.5 Å². The number of anilines is 1. The molecule has 6 nitrogen and oxygen atoms in total. The lowest BCUT2D eigenvalue weighted by Crippen LogP contribution is -2.38. The number of benzene rings is 1. The van der Waals surface area contributed by atoms with E-state index in [9.17, 15) is 14.0 Å². The Morgan fingerprint density at radius 2 is 1.96 bits per heavy atom. The van der Waals surface area contributed by atoms with Gasteiger partial charge in [-0.15, -0.1) is 0 Å². The highest BCUT2D eigenvalue weighted by atomic mass is 19.1. The van der Waals surface area contributed by atoms with Crippen LogP contribution in [0.15, 0.2) is 18.2 Å². The van der Waals surface area contributed by atoms with Crippen molar-refractivity contribution in [3.05, 3.63) is 29.6 Å². The van der Waals surface area contributed by atoms with Crippen molar-refractivity contribution in [2.75, 3.05) is 19.0 Å². The van der Waals surface area contributed by atoms with E-state index < -0.39 is 23.5 Å². The number of hydrogen-bond donors (Lipinski definition) is 2. The van der Waals surface area contributed by atoms with Crippen molar-refractivity contribution in [2.24, 2.45) is 0 Å². The third-order valence-electron chi connectivity index (χ3n) is 2.74. The largest absolute Gasteiger partial charge is 0.465 e. The van der Waals surface area contributed by atoms with E-state index in [2.05, 4.69) is 15.4 Å². The van der Waals surface area contributed by atoms with Gasteiger partial charge in [-0.3, -0.25) is 0 Å². The van der Waals surface area contributed by atoms with E-state index in [0.29, 0.717) is 5.69 Å². The summed E-state index contributed by atoms with van der Waals surface area (Å²) in [5.74, 6) is -1.05. The van der Waals surface area contributed by atoms with Crippen LogP contribution in [0.4, 0.5) is 14.9 Å². The molecule has 2 N–H and O–H groups in total. The molecule has 0 aliphatic carbocycles. The molecule has 0 bridgehead atoms.